The molecule has 0 aliphatic rings. The average molecular weight is 318 g/mol. The first-order chi connectivity index (χ1) is 9.36. The van der Waals surface area contributed by atoms with E-state index in [0.717, 1.165) is 30.1 Å². The summed E-state index contributed by atoms with van der Waals surface area (Å²) in [4.78, 5) is 1.26. The van der Waals surface area contributed by atoms with Gasteiger partial charge < -0.3 is 16.3 Å². The van der Waals surface area contributed by atoms with E-state index in [1.165, 1.54) is 4.88 Å². The van der Waals surface area contributed by atoms with Crippen molar-refractivity contribution in [3.63, 3.8) is 0 Å². The molecule has 1 aromatic heterocycles. The second-order valence-corrected chi connectivity index (χ2v) is 7.39. The number of nitrogens with two attached hydrogens (primary N) is 1. The quantitative estimate of drug-likeness (QED) is 0.223. The van der Waals surface area contributed by atoms with E-state index in [9.17, 15) is 0 Å². The van der Waals surface area contributed by atoms with Gasteiger partial charge in [-0.05, 0) is 38.4 Å². The fraction of sp³-hybridized carbons (Fsp3) is 0.643. The van der Waals surface area contributed by atoms with Gasteiger partial charge in [0.2, 0.25) is 0 Å². The zero-order valence-electron chi connectivity index (χ0n) is 12.3. The molecule has 0 amide bonds. The molecule has 1 aromatic rings. The van der Waals surface area contributed by atoms with Crippen LogP contribution < -0.4 is 11.1 Å². The SMILES string of the molecule is CC(NCCCCC(C)(C)/C(N)=N/O)c1ccc(Cl)s1. The molecule has 1 heterocycles. The maximum absolute atomic E-state index is 8.71. The van der Waals surface area contributed by atoms with Crippen LogP contribution in [0.2, 0.25) is 4.34 Å². The fourth-order valence-electron chi connectivity index (χ4n) is 1.94. The van der Waals surface area contributed by atoms with Gasteiger partial charge in [0, 0.05) is 16.3 Å². The number of amidine groups is 1. The number of hydrogen-bond acceptors (Lipinski definition) is 4. The number of oxime groups is 1. The largest absolute Gasteiger partial charge is 0.409 e. The fourth-order valence-corrected chi connectivity index (χ4v) is 3.02. The Morgan fingerprint density at radius 1 is 1.50 bits per heavy atom. The van der Waals surface area contributed by atoms with Crippen molar-refractivity contribution in [3.8, 4) is 0 Å². The number of nitrogens with one attached hydrogen (secondary N) is 1. The summed E-state index contributed by atoms with van der Waals surface area (Å²) in [6, 6.07) is 4.32. The van der Waals surface area contributed by atoms with Gasteiger partial charge in [-0.1, -0.05) is 37.0 Å². The lowest BCUT2D eigenvalue weighted by Gasteiger charge is -2.22. The number of rotatable bonds is 8. The molecule has 20 heavy (non-hydrogen) atoms. The van der Waals surface area contributed by atoms with Crippen molar-refractivity contribution in [2.45, 2.75) is 46.1 Å². The minimum absolute atomic E-state index is 0.248. The number of nitrogens with zero attached hydrogens (tertiary/aromatic N) is 1. The van der Waals surface area contributed by atoms with E-state index >= 15 is 0 Å². The van der Waals surface area contributed by atoms with Gasteiger partial charge in [0.15, 0.2) is 0 Å². The molecular weight excluding hydrogens is 294 g/mol. The molecular formula is C14H24ClN3OS. The Balaban J connectivity index is 2.22. The third kappa shape index (κ3) is 5.31. The smallest absolute Gasteiger partial charge is 0.144 e. The van der Waals surface area contributed by atoms with E-state index in [4.69, 9.17) is 22.5 Å². The van der Waals surface area contributed by atoms with Crippen molar-refractivity contribution >= 4 is 28.8 Å². The van der Waals surface area contributed by atoms with E-state index in [2.05, 4.69) is 23.5 Å². The lowest BCUT2D eigenvalue weighted by atomic mass is 9.86. The highest BCUT2D eigenvalue weighted by atomic mass is 35.5. The summed E-state index contributed by atoms with van der Waals surface area (Å²) in [7, 11) is 0. The van der Waals surface area contributed by atoms with Gasteiger partial charge in [-0.15, -0.1) is 11.3 Å². The lowest BCUT2D eigenvalue weighted by Crippen LogP contribution is -2.32. The molecule has 1 atom stereocenters. The Morgan fingerprint density at radius 3 is 2.75 bits per heavy atom. The van der Waals surface area contributed by atoms with E-state index in [1.807, 2.05) is 19.9 Å². The molecule has 0 fully saturated rings. The van der Waals surface area contributed by atoms with E-state index in [0.29, 0.717) is 11.9 Å². The molecule has 0 saturated carbocycles. The van der Waals surface area contributed by atoms with Gasteiger partial charge in [0.25, 0.3) is 0 Å². The molecule has 0 aliphatic carbocycles. The standard InChI is InChI=1S/C14H24ClN3OS/c1-10(11-6-7-12(15)20-11)17-9-5-4-8-14(2,3)13(16)18-19/h6-7,10,17,19H,4-5,8-9H2,1-3H3,(H2,16,18). The van der Waals surface area contributed by atoms with Crippen molar-refractivity contribution in [2.24, 2.45) is 16.3 Å². The molecule has 0 aromatic carbocycles. The number of unbranched alkanes of at least 4 members (excludes halogenated alkanes) is 1. The average Bonchev–Trinajstić information content (AvgIpc) is 2.83. The predicted octanol–water partition coefficient (Wildman–Crippen LogP) is 4.00. The van der Waals surface area contributed by atoms with E-state index < -0.39 is 0 Å². The Morgan fingerprint density at radius 2 is 2.20 bits per heavy atom. The van der Waals surface area contributed by atoms with Crippen LogP contribution in [-0.4, -0.2) is 17.6 Å². The van der Waals surface area contributed by atoms with Gasteiger partial charge in [-0.25, -0.2) is 0 Å². The summed E-state index contributed by atoms with van der Waals surface area (Å²) < 4.78 is 0.828. The Labute approximate surface area is 130 Å². The molecule has 6 heteroatoms. The van der Waals surface area contributed by atoms with Gasteiger partial charge >= 0.3 is 0 Å². The lowest BCUT2D eigenvalue weighted by molar-refractivity contribution is 0.304. The number of hydrogen-bond donors (Lipinski definition) is 3. The minimum Gasteiger partial charge on any atom is -0.409 e. The third-order valence-electron chi connectivity index (χ3n) is 3.50. The van der Waals surface area contributed by atoms with Crippen LogP contribution in [0.5, 0.6) is 0 Å². The highest BCUT2D eigenvalue weighted by Crippen LogP contribution is 2.27. The van der Waals surface area contributed by atoms with Crippen LogP contribution in [0.1, 0.15) is 51.0 Å². The minimum atomic E-state index is -0.248. The van der Waals surface area contributed by atoms with Crippen molar-refractivity contribution in [2.75, 3.05) is 6.54 Å². The van der Waals surface area contributed by atoms with Crippen molar-refractivity contribution in [1.82, 2.24) is 5.32 Å². The Hall–Kier alpha value is -0.780. The topological polar surface area (TPSA) is 70.6 Å². The summed E-state index contributed by atoms with van der Waals surface area (Å²) in [6.07, 6.45) is 3.00. The van der Waals surface area contributed by atoms with E-state index in [1.54, 1.807) is 11.3 Å². The maximum Gasteiger partial charge on any atom is 0.144 e. The molecule has 0 spiro atoms. The van der Waals surface area contributed by atoms with Gasteiger partial charge in [-0.3, -0.25) is 0 Å². The summed E-state index contributed by atoms with van der Waals surface area (Å²) in [6.45, 7) is 7.07. The van der Waals surface area contributed by atoms with Crippen LogP contribution >= 0.6 is 22.9 Å². The van der Waals surface area contributed by atoms with Gasteiger partial charge in [-0.2, -0.15) is 0 Å². The Bertz CT molecular complexity index is 445. The number of halogens is 1. The van der Waals surface area contributed by atoms with Crippen LogP contribution in [0.3, 0.4) is 0 Å². The van der Waals surface area contributed by atoms with Crippen LogP contribution in [0, 0.1) is 5.41 Å². The molecule has 1 unspecified atom stereocenters. The van der Waals surface area contributed by atoms with Crippen LogP contribution in [-0.2, 0) is 0 Å². The summed E-state index contributed by atoms with van der Waals surface area (Å²) in [5.74, 6) is 0.298. The second-order valence-electron chi connectivity index (χ2n) is 5.64. The van der Waals surface area contributed by atoms with Crippen LogP contribution in [0.25, 0.3) is 0 Å². The third-order valence-corrected chi connectivity index (χ3v) is 4.91. The first-order valence-electron chi connectivity index (χ1n) is 6.83. The molecule has 0 aliphatic heterocycles. The normalized spacial score (nSPS) is 14.5. The molecule has 114 valence electrons. The summed E-state index contributed by atoms with van der Waals surface area (Å²) in [5.41, 5.74) is 5.42. The molecule has 0 radical (unpaired) electrons. The first-order valence-corrected chi connectivity index (χ1v) is 8.03. The summed E-state index contributed by atoms with van der Waals surface area (Å²) >= 11 is 7.54. The number of thiophene rings is 1. The highest BCUT2D eigenvalue weighted by Gasteiger charge is 2.22. The highest BCUT2D eigenvalue weighted by molar-refractivity contribution is 7.16. The molecule has 4 N–H and O–H groups in total. The molecule has 0 bridgehead atoms. The molecule has 0 saturated heterocycles. The second kappa shape index (κ2) is 7.86. The maximum atomic E-state index is 8.71. The van der Waals surface area contributed by atoms with Crippen LogP contribution in [0.15, 0.2) is 17.3 Å². The zero-order chi connectivity index (χ0) is 15.2. The van der Waals surface area contributed by atoms with Crippen molar-refractivity contribution in [1.29, 1.82) is 0 Å². The first kappa shape index (κ1) is 17.3. The predicted molar refractivity (Wildman–Crippen MR) is 86.8 cm³/mol. The van der Waals surface area contributed by atoms with Crippen molar-refractivity contribution in [3.05, 3.63) is 21.3 Å². The monoisotopic (exact) mass is 317 g/mol. The molecule has 4 nitrogen and oxygen atoms in total. The zero-order valence-corrected chi connectivity index (χ0v) is 13.9. The van der Waals surface area contributed by atoms with Crippen LogP contribution in [0.4, 0.5) is 0 Å². The Kier molecular flexibility index (Phi) is 6.79. The van der Waals surface area contributed by atoms with Crippen molar-refractivity contribution < 1.29 is 5.21 Å². The van der Waals surface area contributed by atoms with Gasteiger partial charge in [0.05, 0.1) is 4.34 Å². The van der Waals surface area contributed by atoms with E-state index in [-0.39, 0.29) is 5.41 Å². The summed E-state index contributed by atoms with van der Waals surface area (Å²) in [5, 5.41) is 15.3. The molecule has 1 rings (SSSR count). The van der Waals surface area contributed by atoms with Gasteiger partial charge in [0.1, 0.15) is 5.84 Å².